The lowest BCUT2D eigenvalue weighted by molar-refractivity contribution is -0.160. The first-order valence-electron chi connectivity index (χ1n) is 4.18. The molecule has 1 aliphatic rings. The molecule has 0 radical (unpaired) electrons. The molecule has 1 heterocycles. The van der Waals surface area contributed by atoms with Gasteiger partial charge < -0.3 is 4.74 Å². The lowest BCUT2D eigenvalue weighted by Crippen LogP contribution is -2.38. The van der Waals surface area contributed by atoms with Crippen LogP contribution in [0.2, 0.25) is 0 Å². The normalized spacial score (nSPS) is 27.4. The number of esters is 1. The Hall–Kier alpha value is -0.970. The average molecular weight is 166 g/mol. The summed E-state index contributed by atoms with van der Waals surface area (Å²) in [6, 6.07) is 0. The van der Waals surface area contributed by atoms with Gasteiger partial charge in [0.05, 0.1) is 12.5 Å². The fourth-order valence-electron chi connectivity index (χ4n) is 1.49. The highest BCUT2D eigenvalue weighted by Gasteiger charge is 2.39. The van der Waals surface area contributed by atoms with Crippen molar-refractivity contribution in [3.63, 3.8) is 0 Å². The largest absolute Gasteiger partial charge is 0.465 e. The monoisotopic (exact) mass is 166 g/mol. The van der Waals surface area contributed by atoms with E-state index < -0.39 is 0 Å². The van der Waals surface area contributed by atoms with E-state index in [1.54, 1.807) is 0 Å². The van der Waals surface area contributed by atoms with Crippen molar-refractivity contribution in [3.8, 4) is 12.3 Å². The maximum Gasteiger partial charge on any atom is 0.310 e. The molecule has 0 saturated carbocycles. The SMILES string of the molecule is C#CCC1C(=O)OCCC1(C)C. The van der Waals surface area contributed by atoms with Crippen molar-refractivity contribution in [2.24, 2.45) is 11.3 Å². The van der Waals surface area contributed by atoms with Gasteiger partial charge in [0.25, 0.3) is 0 Å². The molecule has 1 rings (SSSR count). The molecule has 1 unspecified atom stereocenters. The quantitative estimate of drug-likeness (QED) is 0.437. The molecular formula is C10H14O2. The highest BCUT2D eigenvalue weighted by atomic mass is 16.5. The van der Waals surface area contributed by atoms with E-state index in [4.69, 9.17) is 11.2 Å². The second kappa shape index (κ2) is 3.18. The maximum absolute atomic E-state index is 11.3. The molecule has 0 aromatic heterocycles. The summed E-state index contributed by atoms with van der Waals surface area (Å²) >= 11 is 0. The molecule has 0 aliphatic carbocycles. The van der Waals surface area contributed by atoms with Gasteiger partial charge in [-0.1, -0.05) is 13.8 Å². The lowest BCUT2D eigenvalue weighted by Gasteiger charge is -2.35. The van der Waals surface area contributed by atoms with Gasteiger partial charge in [-0.15, -0.1) is 12.3 Å². The van der Waals surface area contributed by atoms with Crippen LogP contribution in [0.3, 0.4) is 0 Å². The second-order valence-corrected chi connectivity index (χ2v) is 3.87. The van der Waals surface area contributed by atoms with Crippen molar-refractivity contribution in [2.45, 2.75) is 26.7 Å². The summed E-state index contributed by atoms with van der Waals surface area (Å²) in [6.07, 6.45) is 6.58. The number of cyclic esters (lactones) is 1. The summed E-state index contributed by atoms with van der Waals surface area (Å²) in [6.45, 7) is 4.66. The highest BCUT2D eigenvalue weighted by Crippen LogP contribution is 2.36. The molecule has 12 heavy (non-hydrogen) atoms. The topological polar surface area (TPSA) is 26.3 Å². The Labute approximate surface area is 73.3 Å². The van der Waals surface area contributed by atoms with Gasteiger partial charge in [0, 0.05) is 6.42 Å². The first-order chi connectivity index (χ1) is 5.58. The van der Waals surface area contributed by atoms with Crippen LogP contribution in [0.15, 0.2) is 0 Å². The summed E-state index contributed by atoms with van der Waals surface area (Å²) in [5, 5.41) is 0. The van der Waals surface area contributed by atoms with Crippen molar-refractivity contribution in [2.75, 3.05) is 6.61 Å². The van der Waals surface area contributed by atoms with Crippen molar-refractivity contribution in [1.29, 1.82) is 0 Å². The van der Waals surface area contributed by atoms with E-state index in [1.165, 1.54) is 0 Å². The van der Waals surface area contributed by atoms with Gasteiger partial charge in [0.2, 0.25) is 0 Å². The van der Waals surface area contributed by atoms with E-state index in [0.717, 1.165) is 6.42 Å². The van der Waals surface area contributed by atoms with Crippen molar-refractivity contribution in [3.05, 3.63) is 0 Å². The number of hydrogen-bond donors (Lipinski definition) is 0. The third-order valence-electron chi connectivity index (χ3n) is 2.54. The summed E-state index contributed by atoms with van der Waals surface area (Å²) in [5.41, 5.74) is 0.00169. The van der Waals surface area contributed by atoms with Gasteiger partial charge in [0.15, 0.2) is 0 Å². The van der Waals surface area contributed by atoms with Crippen LogP contribution in [-0.2, 0) is 9.53 Å². The Morgan fingerprint density at radius 2 is 2.42 bits per heavy atom. The number of hydrogen-bond acceptors (Lipinski definition) is 2. The van der Waals surface area contributed by atoms with Crippen molar-refractivity contribution >= 4 is 5.97 Å². The highest BCUT2D eigenvalue weighted by molar-refractivity contribution is 5.74. The standard InChI is InChI=1S/C10H14O2/c1-4-5-8-9(11)12-7-6-10(8,2)3/h1,8H,5-7H2,2-3H3. The number of rotatable bonds is 1. The zero-order chi connectivity index (χ0) is 9.19. The van der Waals surface area contributed by atoms with E-state index in [2.05, 4.69) is 19.8 Å². The summed E-state index contributed by atoms with van der Waals surface area (Å²) in [5.74, 6) is 2.27. The summed E-state index contributed by atoms with van der Waals surface area (Å²) < 4.78 is 4.94. The zero-order valence-electron chi connectivity index (χ0n) is 7.59. The number of carbonyl (C=O) groups is 1. The number of carbonyl (C=O) groups excluding carboxylic acids is 1. The van der Waals surface area contributed by atoms with Crippen molar-refractivity contribution in [1.82, 2.24) is 0 Å². The van der Waals surface area contributed by atoms with Crippen LogP contribution >= 0.6 is 0 Å². The van der Waals surface area contributed by atoms with Gasteiger partial charge in [-0.25, -0.2) is 0 Å². The minimum Gasteiger partial charge on any atom is -0.465 e. The second-order valence-electron chi connectivity index (χ2n) is 3.87. The van der Waals surface area contributed by atoms with E-state index in [0.29, 0.717) is 13.0 Å². The van der Waals surface area contributed by atoms with E-state index in [-0.39, 0.29) is 17.3 Å². The molecule has 2 nitrogen and oxygen atoms in total. The van der Waals surface area contributed by atoms with Crippen LogP contribution < -0.4 is 0 Å². The first kappa shape index (κ1) is 9.12. The van der Waals surface area contributed by atoms with E-state index in [1.807, 2.05) is 0 Å². The van der Waals surface area contributed by atoms with E-state index >= 15 is 0 Å². The van der Waals surface area contributed by atoms with Gasteiger partial charge in [-0.3, -0.25) is 4.79 Å². The molecule has 66 valence electrons. The third kappa shape index (κ3) is 1.61. The van der Waals surface area contributed by atoms with Crippen LogP contribution in [0.5, 0.6) is 0 Å². The lowest BCUT2D eigenvalue weighted by atomic mass is 9.73. The van der Waals surface area contributed by atoms with Crippen LogP contribution in [0.1, 0.15) is 26.7 Å². The van der Waals surface area contributed by atoms with E-state index in [9.17, 15) is 4.79 Å². The molecule has 1 aliphatic heterocycles. The Balaban J connectivity index is 2.75. The van der Waals surface area contributed by atoms with Crippen LogP contribution in [0.4, 0.5) is 0 Å². The van der Waals surface area contributed by atoms with Crippen LogP contribution in [0.25, 0.3) is 0 Å². The Morgan fingerprint density at radius 1 is 1.75 bits per heavy atom. The average Bonchev–Trinajstić information content (AvgIpc) is 1.97. The smallest absolute Gasteiger partial charge is 0.310 e. The molecule has 1 fully saturated rings. The number of terminal acetylenes is 1. The Kier molecular flexibility index (Phi) is 2.42. The van der Waals surface area contributed by atoms with Crippen LogP contribution in [-0.4, -0.2) is 12.6 Å². The third-order valence-corrected chi connectivity index (χ3v) is 2.54. The first-order valence-corrected chi connectivity index (χ1v) is 4.18. The van der Waals surface area contributed by atoms with Gasteiger partial charge in [-0.05, 0) is 11.8 Å². The molecule has 0 amide bonds. The Morgan fingerprint density at radius 3 is 2.92 bits per heavy atom. The van der Waals surface area contributed by atoms with Gasteiger partial charge >= 0.3 is 5.97 Å². The summed E-state index contributed by atoms with van der Waals surface area (Å²) in [4.78, 5) is 11.3. The maximum atomic E-state index is 11.3. The van der Waals surface area contributed by atoms with Gasteiger partial charge in [0.1, 0.15) is 0 Å². The minimum absolute atomic E-state index is 0.00169. The minimum atomic E-state index is -0.135. The molecule has 0 aromatic rings. The molecule has 1 saturated heterocycles. The van der Waals surface area contributed by atoms with Crippen LogP contribution in [0, 0.1) is 23.7 Å². The predicted octanol–water partition coefficient (Wildman–Crippen LogP) is 1.60. The molecule has 0 N–H and O–H groups in total. The molecular weight excluding hydrogens is 152 g/mol. The zero-order valence-corrected chi connectivity index (χ0v) is 7.59. The Bertz CT molecular complexity index is 222. The molecule has 1 atom stereocenters. The predicted molar refractivity (Wildman–Crippen MR) is 46.3 cm³/mol. The van der Waals surface area contributed by atoms with Crippen molar-refractivity contribution < 1.29 is 9.53 Å². The van der Waals surface area contributed by atoms with Gasteiger partial charge in [-0.2, -0.15) is 0 Å². The molecule has 0 aromatic carbocycles. The summed E-state index contributed by atoms with van der Waals surface area (Å²) in [7, 11) is 0. The fraction of sp³-hybridized carbons (Fsp3) is 0.700. The fourth-order valence-corrected chi connectivity index (χ4v) is 1.49. The molecule has 0 bridgehead atoms. The molecule has 0 spiro atoms. The molecule has 2 heteroatoms. The number of ether oxygens (including phenoxy) is 1.